The number of imidazole rings is 1. The molecular weight excluding hydrogens is 256 g/mol. The summed E-state index contributed by atoms with van der Waals surface area (Å²) < 4.78 is 2.25. The summed E-state index contributed by atoms with van der Waals surface area (Å²) in [6.45, 7) is 10.2. The predicted molar refractivity (Wildman–Crippen MR) is 81.5 cm³/mol. The van der Waals surface area contributed by atoms with Crippen molar-refractivity contribution in [3.05, 3.63) is 18.2 Å². The lowest BCUT2D eigenvalue weighted by molar-refractivity contribution is 0.138. The molecule has 0 aliphatic heterocycles. The second-order valence-electron chi connectivity index (χ2n) is 6.84. The highest BCUT2D eigenvalue weighted by atomic mass is 35.5. The van der Waals surface area contributed by atoms with Gasteiger partial charge >= 0.3 is 0 Å². The average Bonchev–Trinajstić information content (AvgIpc) is 2.74. The van der Waals surface area contributed by atoms with Crippen LogP contribution in [0.4, 0.5) is 0 Å². The molecule has 0 saturated heterocycles. The number of halogens is 1. The summed E-state index contributed by atoms with van der Waals surface area (Å²) in [4.78, 5) is 4.53. The number of hydrogen-bond donors (Lipinski definition) is 0. The monoisotopic (exact) mass is 282 g/mol. The third kappa shape index (κ3) is 3.34. The van der Waals surface area contributed by atoms with Crippen molar-refractivity contribution in [3.8, 4) is 0 Å². The van der Waals surface area contributed by atoms with E-state index in [2.05, 4.69) is 43.4 Å². The maximum Gasteiger partial charge on any atom is 0.109 e. The summed E-state index contributed by atoms with van der Waals surface area (Å²) in [5.74, 6) is 2.59. The number of hydrogen-bond acceptors (Lipinski definition) is 1. The molecular formula is C16H27ClN2. The van der Waals surface area contributed by atoms with Gasteiger partial charge in [0.25, 0.3) is 0 Å². The Kier molecular flexibility index (Phi) is 4.60. The molecule has 1 aliphatic rings. The van der Waals surface area contributed by atoms with E-state index in [1.165, 1.54) is 18.7 Å². The first kappa shape index (κ1) is 14.9. The van der Waals surface area contributed by atoms with Gasteiger partial charge in [0, 0.05) is 30.7 Å². The molecule has 108 valence electrons. The van der Waals surface area contributed by atoms with E-state index in [0.717, 1.165) is 25.3 Å². The van der Waals surface area contributed by atoms with Crippen molar-refractivity contribution in [2.24, 2.45) is 17.3 Å². The minimum absolute atomic E-state index is 0.227. The van der Waals surface area contributed by atoms with Gasteiger partial charge in [0.05, 0.1) is 0 Å². The third-order valence-corrected chi connectivity index (χ3v) is 5.28. The Morgan fingerprint density at radius 1 is 1.42 bits per heavy atom. The van der Waals surface area contributed by atoms with Crippen LogP contribution >= 0.6 is 11.6 Å². The molecule has 1 fully saturated rings. The molecule has 1 aromatic rings. The maximum atomic E-state index is 6.65. The summed E-state index contributed by atoms with van der Waals surface area (Å²) in [6.07, 6.45) is 8.76. The molecule has 1 aliphatic carbocycles. The Balaban J connectivity index is 2.09. The highest BCUT2D eigenvalue weighted by Gasteiger charge is 2.38. The quantitative estimate of drug-likeness (QED) is 0.743. The number of aromatic nitrogens is 2. The molecule has 1 saturated carbocycles. The van der Waals surface area contributed by atoms with Crippen molar-refractivity contribution in [3.63, 3.8) is 0 Å². The normalized spacial score (nSPS) is 28.6. The number of rotatable bonds is 4. The van der Waals surface area contributed by atoms with Crippen LogP contribution in [0.15, 0.2) is 12.4 Å². The first-order chi connectivity index (χ1) is 8.94. The van der Waals surface area contributed by atoms with Gasteiger partial charge in [-0.1, -0.05) is 27.2 Å². The number of nitrogens with zero attached hydrogens (tertiary/aromatic N) is 2. The van der Waals surface area contributed by atoms with Crippen LogP contribution in [0.3, 0.4) is 0 Å². The topological polar surface area (TPSA) is 17.8 Å². The van der Waals surface area contributed by atoms with Gasteiger partial charge in [-0.15, -0.1) is 11.6 Å². The lowest BCUT2D eigenvalue weighted by Gasteiger charge is -2.41. The van der Waals surface area contributed by atoms with Crippen molar-refractivity contribution in [1.29, 1.82) is 0 Å². The van der Waals surface area contributed by atoms with Crippen LogP contribution in [0, 0.1) is 17.3 Å². The zero-order valence-corrected chi connectivity index (χ0v) is 13.5. The van der Waals surface area contributed by atoms with E-state index in [1.807, 2.05) is 6.20 Å². The van der Waals surface area contributed by atoms with Crippen molar-refractivity contribution in [2.75, 3.05) is 0 Å². The summed E-state index contributed by atoms with van der Waals surface area (Å²) in [6, 6.07) is 0. The first-order valence-electron chi connectivity index (χ1n) is 7.58. The van der Waals surface area contributed by atoms with Gasteiger partial charge in [-0.2, -0.15) is 0 Å². The van der Waals surface area contributed by atoms with E-state index in [1.54, 1.807) is 0 Å². The molecule has 1 heterocycles. The van der Waals surface area contributed by atoms with Gasteiger partial charge < -0.3 is 4.57 Å². The van der Waals surface area contributed by atoms with Gasteiger partial charge in [0.15, 0.2) is 0 Å². The highest BCUT2D eigenvalue weighted by molar-refractivity contribution is 6.20. The summed E-state index contributed by atoms with van der Waals surface area (Å²) in [7, 11) is 0. The van der Waals surface area contributed by atoms with Crippen LogP contribution in [0.1, 0.15) is 52.8 Å². The van der Waals surface area contributed by atoms with Gasteiger partial charge in [0.2, 0.25) is 0 Å². The van der Waals surface area contributed by atoms with Gasteiger partial charge in [0.1, 0.15) is 5.82 Å². The Morgan fingerprint density at radius 3 is 2.79 bits per heavy atom. The fraction of sp³-hybridized carbons (Fsp3) is 0.812. The summed E-state index contributed by atoms with van der Waals surface area (Å²) in [5.41, 5.74) is 0.227. The van der Waals surface area contributed by atoms with Gasteiger partial charge in [-0.25, -0.2) is 4.98 Å². The summed E-state index contributed by atoms with van der Waals surface area (Å²) >= 11 is 6.65. The van der Waals surface area contributed by atoms with E-state index in [4.69, 9.17) is 11.6 Å². The van der Waals surface area contributed by atoms with Crippen molar-refractivity contribution in [1.82, 2.24) is 9.55 Å². The predicted octanol–water partition coefficient (Wildman–Crippen LogP) is 4.52. The summed E-state index contributed by atoms with van der Waals surface area (Å²) in [5, 5.41) is 0.323. The van der Waals surface area contributed by atoms with Crippen LogP contribution in [0.25, 0.3) is 0 Å². The molecule has 2 rings (SSSR count). The lowest BCUT2D eigenvalue weighted by Crippen LogP contribution is -2.37. The molecule has 0 amide bonds. The molecule has 0 spiro atoms. The van der Waals surface area contributed by atoms with Crippen LogP contribution < -0.4 is 0 Å². The molecule has 0 bridgehead atoms. The van der Waals surface area contributed by atoms with E-state index in [0.29, 0.717) is 11.3 Å². The Hall–Kier alpha value is -0.500. The highest BCUT2D eigenvalue weighted by Crippen LogP contribution is 2.44. The second-order valence-corrected chi connectivity index (χ2v) is 7.40. The first-order valence-corrected chi connectivity index (χ1v) is 8.01. The van der Waals surface area contributed by atoms with Crippen molar-refractivity contribution >= 4 is 11.6 Å². The Bertz CT molecular complexity index is 411. The molecule has 3 unspecified atom stereocenters. The molecule has 0 radical (unpaired) electrons. The number of alkyl halides is 1. The zero-order valence-electron chi connectivity index (χ0n) is 12.7. The zero-order chi connectivity index (χ0) is 14.0. The molecule has 2 nitrogen and oxygen atoms in total. The van der Waals surface area contributed by atoms with Gasteiger partial charge in [-0.3, -0.25) is 0 Å². The fourth-order valence-corrected chi connectivity index (χ4v) is 4.30. The maximum absolute atomic E-state index is 6.65. The Labute approximate surface area is 122 Å². The van der Waals surface area contributed by atoms with E-state index >= 15 is 0 Å². The second kappa shape index (κ2) is 5.87. The van der Waals surface area contributed by atoms with E-state index < -0.39 is 0 Å². The van der Waals surface area contributed by atoms with Crippen LogP contribution in [0.2, 0.25) is 0 Å². The molecule has 3 heteroatoms. The van der Waals surface area contributed by atoms with Crippen molar-refractivity contribution < 1.29 is 0 Å². The molecule has 1 aromatic heterocycles. The Morgan fingerprint density at radius 2 is 2.16 bits per heavy atom. The molecule has 0 aromatic carbocycles. The average molecular weight is 283 g/mol. The van der Waals surface area contributed by atoms with E-state index in [-0.39, 0.29) is 5.41 Å². The molecule has 19 heavy (non-hydrogen) atoms. The van der Waals surface area contributed by atoms with Gasteiger partial charge in [-0.05, 0) is 37.0 Å². The SMILES string of the molecule is CCn1ccnc1CC(C)(C)C1CCC(C)CC1Cl. The standard InChI is InChI=1S/C16H27ClN2/c1-5-19-9-8-18-15(19)11-16(3,4)13-7-6-12(2)10-14(13)17/h8-9,12-14H,5-7,10-11H2,1-4H3. The van der Waals surface area contributed by atoms with Crippen LogP contribution in [-0.2, 0) is 13.0 Å². The van der Waals surface area contributed by atoms with Crippen molar-refractivity contribution in [2.45, 2.75) is 65.3 Å². The van der Waals surface area contributed by atoms with Crippen LogP contribution in [-0.4, -0.2) is 14.9 Å². The number of aryl methyl sites for hydroxylation is 1. The molecule has 3 atom stereocenters. The fourth-order valence-electron chi connectivity index (χ4n) is 3.53. The molecule has 0 N–H and O–H groups in total. The largest absolute Gasteiger partial charge is 0.335 e. The smallest absolute Gasteiger partial charge is 0.109 e. The van der Waals surface area contributed by atoms with E-state index in [9.17, 15) is 0 Å². The lowest BCUT2D eigenvalue weighted by atomic mass is 9.67. The minimum atomic E-state index is 0.227. The third-order valence-electron chi connectivity index (χ3n) is 4.79. The minimum Gasteiger partial charge on any atom is -0.335 e. The van der Waals surface area contributed by atoms with Crippen LogP contribution in [0.5, 0.6) is 0 Å².